The fourth-order valence-corrected chi connectivity index (χ4v) is 2.78. The summed E-state index contributed by atoms with van der Waals surface area (Å²) in [5, 5.41) is 0. The topological polar surface area (TPSA) is 0 Å². The molecule has 0 saturated carbocycles. The molecule has 1 aromatic rings. The van der Waals surface area contributed by atoms with Gasteiger partial charge in [-0.15, -0.1) is 0 Å². The molecule has 1 aliphatic carbocycles. The Balaban J connectivity index is 2.63. The lowest BCUT2D eigenvalue weighted by Crippen LogP contribution is -2.26. The van der Waals surface area contributed by atoms with Gasteiger partial charge in [-0.05, 0) is 47.8 Å². The molecule has 14 heavy (non-hydrogen) atoms. The highest BCUT2D eigenvalue weighted by molar-refractivity contribution is 5.43. The number of fused-ring (bicyclic) bond motifs is 1. The number of aryl methyl sites for hydroxylation is 1. The van der Waals surface area contributed by atoms with Crippen LogP contribution < -0.4 is 0 Å². The monoisotopic (exact) mass is 188 g/mol. The molecule has 1 atom stereocenters. The van der Waals surface area contributed by atoms with Gasteiger partial charge in [-0.1, -0.05) is 39.0 Å². The van der Waals surface area contributed by atoms with E-state index in [9.17, 15) is 0 Å². The summed E-state index contributed by atoms with van der Waals surface area (Å²) in [4.78, 5) is 0. The van der Waals surface area contributed by atoms with Gasteiger partial charge < -0.3 is 0 Å². The van der Waals surface area contributed by atoms with Crippen molar-refractivity contribution in [3.8, 4) is 0 Å². The Morgan fingerprint density at radius 3 is 2.64 bits per heavy atom. The maximum atomic E-state index is 2.37. The second-order valence-electron chi connectivity index (χ2n) is 5.36. The van der Waals surface area contributed by atoms with Gasteiger partial charge in [-0.3, -0.25) is 0 Å². The molecule has 0 heteroatoms. The molecule has 0 aliphatic heterocycles. The van der Waals surface area contributed by atoms with E-state index in [-0.39, 0.29) is 0 Å². The minimum atomic E-state index is 0.383. The van der Waals surface area contributed by atoms with Crippen molar-refractivity contribution < 1.29 is 0 Å². The highest BCUT2D eigenvalue weighted by atomic mass is 14.4. The Kier molecular flexibility index (Phi) is 2.17. The molecule has 0 amide bonds. The highest BCUT2D eigenvalue weighted by Gasteiger charge is 2.31. The van der Waals surface area contributed by atoms with Crippen LogP contribution in [-0.4, -0.2) is 0 Å². The van der Waals surface area contributed by atoms with E-state index in [1.165, 1.54) is 18.4 Å². The minimum absolute atomic E-state index is 0.383. The predicted molar refractivity (Wildman–Crippen MR) is 61.9 cm³/mol. The van der Waals surface area contributed by atoms with Crippen molar-refractivity contribution in [2.24, 2.45) is 0 Å². The van der Waals surface area contributed by atoms with Crippen molar-refractivity contribution >= 4 is 0 Å². The summed E-state index contributed by atoms with van der Waals surface area (Å²) < 4.78 is 0. The molecule has 2 rings (SSSR count). The van der Waals surface area contributed by atoms with E-state index in [1.54, 1.807) is 11.1 Å². The van der Waals surface area contributed by atoms with Crippen molar-refractivity contribution in [2.75, 3.05) is 0 Å². The summed E-state index contributed by atoms with van der Waals surface area (Å²) in [5.74, 6) is 0.749. The second kappa shape index (κ2) is 3.12. The molecule has 0 bridgehead atoms. The van der Waals surface area contributed by atoms with Gasteiger partial charge in [0.05, 0.1) is 0 Å². The van der Waals surface area contributed by atoms with Gasteiger partial charge in [-0.2, -0.15) is 0 Å². The van der Waals surface area contributed by atoms with Gasteiger partial charge in [0.2, 0.25) is 0 Å². The van der Waals surface area contributed by atoms with Crippen LogP contribution in [0, 0.1) is 6.92 Å². The summed E-state index contributed by atoms with van der Waals surface area (Å²) >= 11 is 0. The predicted octanol–water partition coefficient (Wildman–Crippen LogP) is 4.17. The Labute approximate surface area is 87.3 Å². The Bertz CT molecular complexity index is 347. The summed E-state index contributed by atoms with van der Waals surface area (Å²) in [5.41, 5.74) is 5.05. The fraction of sp³-hybridized carbons (Fsp3) is 0.571. The van der Waals surface area contributed by atoms with Crippen molar-refractivity contribution in [1.29, 1.82) is 0 Å². The Morgan fingerprint density at radius 1 is 1.29 bits per heavy atom. The fourth-order valence-electron chi connectivity index (χ4n) is 2.78. The summed E-state index contributed by atoms with van der Waals surface area (Å²) in [6.45, 7) is 9.35. The van der Waals surface area contributed by atoms with Gasteiger partial charge in [-0.25, -0.2) is 0 Å². The van der Waals surface area contributed by atoms with Crippen molar-refractivity contribution in [3.63, 3.8) is 0 Å². The van der Waals surface area contributed by atoms with Gasteiger partial charge in [0, 0.05) is 0 Å². The number of rotatable bonds is 0. The lowest BCUT2D eigenvalue weighted by molar-refractivity contribution is 0.401. The maximum absolute atomic E-state index is 2.37. The van der Waals surface area contributed by atoms with Crippen LogP contribution in [0.1, 0.15) is 56.2 Å². The van der Waals surface area contributed by atoms with E-state index < -0.39 is 0 Å². The van der Waals surface area contributed by atoms with E-state index in [4.69, 9.17) is 0 Å². The zero-order chi connectivity index (χ0) is 10.3. The number of hydrogen-bond donors (Lipinski definition) is 0. The largest absolute Gasteiger partial charge is 0.0617 e. The van der Waals surface area contributed by atoms with Crippen molar-refractivity contribution in [2.45, 2.75) is 51.9 Å². The van der Waals surface area contributed by atoms with Crippen molar-refractivity contribution in [3.05, 3.63) is 34.9 Å². The SMILES string of the molecule is Cc1cccc2c1C(C)CCC2(C)C. The Morgan fingerprint density at radius 2 is 2.00 bits per heavy atom. The standard InChI is InChI=1S/C14H20/c1-10-6-5-7-12-13(10)11(2)8-9-14(12,3)4/h5-7,11H,8-9H2,1-4H3. The third kappa shape index (κ3) is 1.37. The van der Waals surface area contributed by atoms with E-state index in [2.05, 4.69) is 45.9 Å². The molecule has 1 unspecified atom stereocenters. The van der Waals surface area contributed by atoms with Crippen LogP contribution in [0.25, 0.3) is 0 Å². The van der Waals surface area contributed by atoms with Crippen LogP contribution in [-0.2, 0) is 5.41 Å². The van der Waals surface area contributed by atoms with Crippen LogP contribution in [0.5, 0.6) is 0 Å². The minimum Gasteiger partial charge on any atom is -0.0617 e. The molecule has 1 aliphatic rings. The summed E-state index contributed by atoms with van der Waals surface area (Å²) in [6, 6.07) is 6.77. The van der Waals surface area contributed by atoms with Crippen LogP contribution in [0.4, 0.5) is 0 Å². The van der Waals surface area contributed by atoms with Gasteiger partial charge in [0.15, 0.2) is 0 Å². The van der Waals surface area contributed by atoms with Gasteiger partial charge in [0.1, 0.15) is 0 Å². The van der Waals surface area contributed by atoms with E-state index in [0.29, 0.717) is 5.41 Å². The third-order valence-corrected chi connectivity index (χ3v) is 3.75. The van der Waals surface area contributed by atoms with Crippen LogP contribution in [0.15, 0.2) is 18.2 Å². The number of hydrogen-bond acceptors (Lipinski definition) is 0. The lowest BCUT2D eigenvalue weighted by atomic mass is 9.68. The molecule has 0 fully saturated rings. The molecule has 0 heterocycles. The zero-order valence-electron chi connectivity index (χ0n) is 9.72. The van der Waals surface area contributed by atoms with Gasteiger partial charge in [0.25, 0.3) is 0 Å². The van der Waals surface area contributed by atoms with Crippen LogP contribution in [0.2, 0.25) is 0 Å². The average molecular weight is 188 g/mol. The van der Waals surface area contributed by atoms with E-state index in [1.807, 2.05) is 0 Å². The quantitative estimate of drug-likeness (QED) is 0.573. The molecule has 0 N–H and O–H groups in total. The van der Waals surface area contributed by atoms with E-state index >= 15 is 0 Å². The summed E-state index contributed by atoms with van der Waals surface area (Å²) in [7, 11) is 0. The average Bonchev–Trinajstić information content (AvgIpc) is 2.12. The molecular formula is C14H20. The zero-order valence-corrected chi connectivity index (χ0v) is 9.72. The second-order valence-corrected chi connectivity index (χ2v) is 5.36. The lowest BCUT2D eigenvalue weighted by Gasteiger charge is -2.36. The Hall–Kier alpha value is -0.780. The molecule has 0 nitrogen and oxygen atoms in total. The molecule has 0 aromatic heterocycles. The van der Waals surface area contributed by atoms with Crippen LogP contribution >= 0.6 is 0 Å². The first-order valence-corrected chi connectivity index (χ1v) is 5.62. The smallest absolute Gasteiger partial charge is 0.0100 e. The molecule has 0 spiro atoms. The van der Waals surface area contributed by atoms with E-state index in [0.717, 1.165) is 5.92 Å². The van der Waals surface area contributed by atoms with Crippen molar-refractivity contribution in [1.82, 2.24) is 0 Å². The highest BCUT2D eigenvalue weighted by Crippen LogP contribution is 2.43. The molecular weight excluding hydrogens is 168 g/mol. The molecule has 1 aromatic carbocycles. The first-order valence-electron chi connectivity index (χ1n) is 5.62. The third-order valence-electron chi connectivity index (χ3n) is 3.75. The first-order chi connectivity index (χ1) is 6.52. The molecule has 76 valence electrons. The van der Waals surface area contributed by atoms with Crippen LogP contribution in [0.3, 0.4) is 0 Å². The van der Waals surface area contributed by atoms with Gasteiger partial charge >= 0.3 is 0 Å². The normalized spacial score (nSPS) is 24.4. The summed E-state index contributed by atoms with van der Waals surface area (Å²) in [6.07, 6.45) is 2.66. The molecule has 0 saturated heterocycles. The number of benzene rings is 1. The maximum Gasteiger partial charge on any atom is -0.0100 e. The molecule has 0 radical (unpaired) electrons. The first kappa shape index (κ1) is 9.76.